The maximum atomic E-state index is 12.0. The van der Waals surface area contributed by atoms with Gasteiger partial charge in [0, 0.05) is 18.3 Å². The third-order valence-electron chi connectivity index (χ3n) is 3.76. The number of ether oxygens (including phenoxy) is 1. The molecule has 0 bridgehead atoms. The first-order valence-electron chi connectivity index (χ1n) is 9.18. The second-order valence-corrected chi connectivity index (χ2v) is 6.54. The maximum absolute atomic E-state index is 12.0. The molecule has 2 rings (SSSR count). The first-order valence-corrected chi connectivity index (χ1v) is 9.18. The largest absolute Gasteiger partial charge is 0.494 e. The van der Waals surface area contributed by atoms with Crippen LogP contribution in [-0.2, 0) is 16.1 Å². The summed E-state index contributed by atoms with van der Waals surface area (Å²) in [5.74, 6) is 0.544. The fourth-order valence-electron chi connectivity index (χ4n) is 2.51. The van der Waals surface area contributed by atoms with Crippen LogP contribution >= 0.6 is 0 Å². The molecule has 0 fully saturated rings. The number of carbonyl (C=O) groups excluding carboxylic acids is 2. The number of nitrogens with one attached hydrogen (secondary N) is 2. The van der Waals surface area contributed by atoms with E-state index in [9.17, 15) is 9.59 Å². The summed E-state index contributed by atoms with van der Waals surface area (Å²) < 4.78 is 5.39. The molecule has 0 heterocycles. The van der Waals surface area contributed by atoms with E-state index in [0.717, 1.165) is 16.9 Å². The minimum atomic E-state index is -0.184. The Kier molecular flexibility index (Phi) is 8.24. The predicted octanol–water partition coefficient (Wildman–Crippen LogP) is 2.92. The van der Waals surface area contributed by atoms with E-state index in [2.05, 4.69) is 10.6 Å². The van der Waals surface area contributed by atoms with E-state index in [0.29, 0.717) is 25.4 Å². The molecule has 2 aromatic rings. The lowest BCUT2D eigenvalue weighted by Gasteiger charge is -2.11. The number of likely N-dealkylation sites (N-methyl/N-ethyl adjacent to an activating group) is 1. The van der Waals surface area contributed by atoms with E-state index in [4.69, 9.17) is 4.74 Å². The number of hydrogen-bond donors (Lipinski definition) is 2. The van der Waals surface area contributed by atoms with Gasteiger partial charge in [-0.25, -0.2) is 0 Å². The molecule has 2 aromatic carbocycles. The van der Waals surface area contributed by atoms with E-state index in [1.165, 1.54) is 6.08 Å². The molecule has 0 spiro atoms. The molecular formula is C22H27N3O3. The molecule has 0 saturated carbocycles. The lowest BCUT2D eigenvalue weighted by Crippen LogP contribution is -2.27. The molecule has 0 atom stereocenters. The minimum absolute atomic E-state index is 0.0792. The Balaban J connectivity index is 1.85. The quantitative estimate of drug-likeness (QED) is 0.655. The van der Waals surface area contributed by atoms with E-state index in [-0.39, 0.29) is 11.8 Å². The van der Waals surface area contributed by atoms with Crippen molar-refractivity contribution in [3.05, 3.63) is 65.7 Å². The van der Waals surface area contributed by atoms with Gasteiger partial charge in [-0.1, -0.05) is 24.3 Å². The van der Waals surface area contributed by atoms with Crippen molar-refractivity contribution in [3.8, 4) is 5.75 Å². The first kappa shape index (κ1) is 21.2. The van der Waals surface area contributed by atoms with Gasteiger partial charge in [-0.2, -0.15) is 0 Å². The van der Waals surface area contributed by atoms with Gasteiger partial charge in [-0.15, -0.1) is 0 Å². The van der Waals surface area contributed by atoms with Crippen molar-refractivity contribution in [1.29, 1.82) is 0 Å². The summed E-state index contributed by atoms with van der Waals surface area (Å²) in [6, 6.07) is 15.0. The summed E-state index contributed by atoms with van der Waals surface area (Å²) in [4.78, 5) is 25.7. The summed E-state index contributed by atoms with van der Waals surface area (Å²) >= 11 is 0. The van der Waals surface area contributed by atoms with Gasteiger partial charge in [0.05, 0.1) is 13.2 Å². The predicted molar refractivity (Wildman–Crippen MR) is 112 cm³/mol. The summed E-state index contributed by atoms with van der Waals surface area (Å²) in [5.41, 5.74) is 2.54. The van der Waals surface area contributed by atoms with E-state index < -0.39 is 0 Å². The van der Waals surface area contributed by atoms with Crippen LogP contribution < -0.4 is 15.4 Å². The zero-order chi connectivity index (χ0) is 20.4. The smallest absolute Gasteiger partial charge is 0.244 e. The number of amides is 2. The van der Waals surface area contributed by atoms with Crippen LogP contribution in [0, 0.1) is 0 Å². The van der Waals surface area contributed by atoms with Crippen molar-refractivity contribution in [2.24, 2.45) is 0 Å². The van der Waals surface area contributed by atoms with Gasteiger partial charge in [0.2, 0.25) is 11.8 Å². The van der Waals surface area contributed by atoms with Crippen molar-refractivity contribution in [3.63, 3.8) is 0 Å². The standard InChI is InChI=1S/C22H27N3O3/c1-4-28-20-11-8-17(9-12-20)10-13-21(26)23-15-18-6-5-7-19(14-18)24-22(27)16-25(2)3/h5-14H,4,15-16H2,1-3H3,(H,23,26)(H,24,27)/b13-10+. The molecule has 0 aromatic heterocycles. The summed E-state index contributed by atoms with van der Waals surface area (Å²) in [7, 11) is 3.68. The number of anilines is 1. The molecule has 2 N–H and O–H groups in total. The zero-order valence-corrected chi connectivity index (χ0v) is 16.6. The second kappa shape index (κ2) is 10.9. The lowest BCUT2D eigenvalue weighted by molar-refractivity contribution is -0.117. The fraction of sp³-hybridized carbons (Fsp3) is 0.273. The summed E-state index contributed by atoms with van der Waals surface area (Å²) in [6.07, 6.45) is 3.25. The zero-order valence-electron chi connectivity index (χ0n) is 16.6. The average molecular weight is 381 g/mol. The lowest BCUT2D eigenvalue weighted by atomic mass is 10.2. The van der Waals surface area contributed by atoms with Gasteiger partial charge >= 0.3 is 0 Å². The Hall–Kier alpha value is -3.12. The van der Waals surface area contributed by atoms with Gasteiger partial charge in [0.25, 0.3) is 0 Å². The molecule has 28 heavy (non-hydrogen) atoms. The fourth-order valence-corrected chi connectivity index (χ4v) is 2.51. The van der Waals surface area contributed by atoms with Gasteiger partial charge in [-0.05, 0) is 62.5 Å². The van der Waals surface area contributed by atoms with Crippen molar-refractivity contribution in [2.75, 3.05) is 32.6 Å². The molecule has 6 nitrogen and oxygen atoms in total. The Morgan fingerprint density at radius 1 is 1.11 bits per heavy atom. The van der Waals surface area contributed by atoms with Crippen LogP contribution in [0.15, 0.2) is 54.6 Å². The number of rotatable bonds is 9. The van der Waals surface area contributed by atoms with Gasteiger partial charge < -0.3 is 20.3 Å². The molecule has 0 aliphatic heterocycles. The molecule has 148 valence electrons. The van der Waals surface area contributed by atoms with Crippen molar-refractivity contribution in [1.82, 2.24) is 10.2 Å². The van der Waals surface area contributed by atoms with Crippen LogP contribution in [0.4, 0.5) is 5.69 Å². The third kappa shape index (κ3) is 7.63. The molecule has 2 amide bonds. The molecule has 0 unspecified atom stereocenters. The number of nitrogens with zero attached hydrogens (tertiary/aromatic N) is 1. The molecule has 6 heteroatoms. The number of hydrogen-bond acceptors (Lipinski definition) is 4. The van der Waals surface area contributed by atoms with Gasteiger partial charge in [0.1, 0.15) is 5.75 Å². The maximum Gasteiger partial charge on any atom is 0.244 e. The Labute approximate surface area is 166 Å². The Morgan fingerprint density at radius 2 is 1.86 bits per heavy atom. The van der Waals surface area contributed by atoms with Crippen molar-refractivity contribution < 1.29 is 14.3 Å². The number of carbonyl (C=O) groups is 2. The van der Waals surface area contributed by atoms with Gasteiger partial charge in [0.15, 0.2) is 0 Å². The summed E-state index contributed by atoms with van der Waals surface area (Å²) in [5, 5.41) is 5.69. The normalized spacial score (nSPS) is 10.9. The van der Waals surface area contributed by atoms with Crippen LogP contribution in [0.3, 0.4) is 0 Å². The van der Waals surface area contributed by atoms with E-state index in [1.54, 1.807) is 11.0 Å². The van der Waals surface area contributed by atoms with Crippen molar-refractivity contribution >= 4 is 23.6 Å². The van der Waals surface area contributed by atoms with E-state index in [1.807, 2.05) is 69.6 Å². The monoisotopic (exact) mass is 381 g/mol. The molecule has 0 saturated heterocycles. The second-order valence-electron chi connectivity index (χ2n) is 6.54. The molecule has 0 aliphatic rings. The van der Waals surface area contributed by atoms with Crippen LogP contribution in [0.5, 0.6) is 5.75 Å². The highest BCUT2D eigenvalue weighted by Gasteiger charge is 2.04. The number of benzene rings is 2. The molecular weight excluding hydrogens is 354 g/mol. The van der Waals surface area contributed by atoms with Crippen LogP contribution in [-0.4, -0.2) is 44.0 Å². The Morgan fingerprint density at radius 3 is 2.54 bits per heavy atom. The van der Waals surface area contributed by atoms with Crippen LogP contribution in [0.1, 0.15) is 18.1 Å². The summed E-state index contributed by atoms with van der Waals surface area (Å²) in [6.45, 7) is 3.25. The minimum Gasteiger partial charge on any atom is -0.494 e. The SMILES string of the molecule is CCOc1ccc(/C=C/C(=O)NCc2cccc(NC(=O)CN(C)C)c2)cc1. The van der Waals surface area contributed by atoms with Gasteiger partial charge in [-0.3, -0.25) is 9.59 Å². The average Bonchev–Trinajstić information content (AvgIpc) is 2.65. The topological polar surface area (TPSA) is 70.7 Å². The van der Waals surface area contributed by atoms with E-state index >= 15 is 0 Å². The Bertz CT molecular complexity index is 814. The molecule has 0 radical (unpaired) electrons. The van der Waals surface area contributed by atoms with Crippen LogP contribution in [0.2, 0.25) is 0 Å². The highest BCUT2D eigenvalue weighted by molar-refractivity contribution is 5.92. The van der Waals surface area contributed by atoms with Crippen LogP contribution in [0.25, 0.3) is 6.08 Å². The van der Waals surface area contributed by atoms with Crippen molar-refractivity contribution in [2.45, 2.75) is 13.5 Å². The molecule has 0 aliphatic carbocycles. The third-order valence-corrected chi connectivity index (χ3v) is 3.76. The first-order chi connectivity index (χ1) is 13.5. The highest BCUT2D eigenvalue weighted by atomic mass is 16.5. The highest BCUT2D eigenvalue weighted by Crippen LogP contribution is 2.13.